The van der Waals surface area contributed by atoms with Crippen LogP contribution in [0, 0.1) is 0 Å². The fraction of sp³-hybridized carbons (Fsp3) is 0.533. The second-order valence-corrected chi connectivity index (χ2v) is 4.97. The first kappa shape index (κ1) is 17.6. The molecule has 0 spiro atoms. The topological polar surface area (TPSA) is 59.6 Å². The first-order valence-electron chi connectivity index (χ1n) is 7.01. The zero-order valence-electron chi connectivity index (χ0n) is 12.4. The Bertz CT molecular complexity index is 433. The number of halogens is 1. The van der Waals surface area contributed by atoms with E-state index in [1.54, 1.807) is 26.2 Å². The second-order valence-electron chi connectivity index (χ2n) is 4.97. The quantitative estimate of drug-likeness (QED) is 0.840. The van der Waals surface area contributed by atoms with Crippen molar-refractivity contribution >= 4 is 18.3 Å². The van der Waals surface area contributed by atoms with E-state index >= 15 is 0 Å². The molecule has 1 aliphatic heterocycles. The number of benzene rings is 1. The summed E-state index contributed by atoms with van der Waals surface area (Å²) in [4.78, 5) is 11.9. The molecule has 2 rings (SSSR count). The zero-order valence-corrected chi connectivity index (χ0v) is 13.2. The smallest absolute Gasteiger partial charge is 0.260 e. The standard InChI is InChI=1S/C15H22N2O3.ClH/c1-11(15(18)17-10-12-4-3-9-16-12)20-14-7-5-13(19-2)6-8-14;/h5-8,11-12,16H,3-4,9-10H2,1-2H3,(H,17,18);1H. The van der Waals surface area contributed by atoms with Crippen LogP contribution in [0.15, 0.2) is 24.3 Å². The molecule has 1 saturated heterocycles. The van der Waals surface area contributed by atoms with Crippen LogP contribution in [0.4, 0.5) is 0 Å². The molecule has 1 amide bonds. The predicted octanol–water partition coefficient (Wildman–Crippen LogP) is 1.75. The van der Waals surface area contributed by atoms with Gasteiger partial charge in [-0.05, 0) is 50.6 Å². The summed E-state index contributed by atoms with van der Waals surface area (Å²) in [5.74, 6) is 1.34. The summed E-state index contributed by atoms with van der Waals surface area (Å²) in [7, 11) is 1.61. The largest absolute Gasteiger partial charge is 0.497 e. The van der Waals surface area contributed by atoms with E-state index in [1.807, 2.05) is 12.1 Å². The monoisotopic (exact) mass is 314 g/mol. The molecular formula is C15H23ClN2O3. The molecule has 2 atom stereocenters. The third-order valence-electron chi connectivity index (χ3n) is 3.43. The average Bonchev–Trinajstić information content (AvgIpc) is 2.98. The van der Waals surface area contributed by atoms with Crippen LogP contribution in [0.25, 0.3) is 0 Å². The van der Waals surface area contributed by atoms with Gasteiger partial charge >= 0.3 is 0 Å². The molecule has 6 heteroatoms. The number of rotatable bonds is 6. The number of hydrogen-bond acceptors (Lipinski definition) is 4. The Kier molecular flexibility index (Phi) is 7.32. The summed E-state index contributed by atoms with van der Waals surface area (Å²) in [6, 6.07) is 7.60. The lowest BCUT2D eigenvalue weighted by atomic mass is 10.2. The van der Waals surface area contributed by atoms with Gasteiger partial charge in [-0.25, -0.2) is 0 Å². The zero-order chi connectivity index (χ0) is 14.4. The second kappa shape index (κ2) is 8.74. The Morgan fingerprint density at radius 3 is 2.62 bits per heavy atom. The molecule has 0 radical (unpaired) electrons. The molecule has 21 heavy (non-hydrogen) atoms. The third kappa shape index (κ3) is 5.44. The Labute approximate surface area is 131 Å². The van der Waals surface area contributed by atoms with Crippen molar-refractivity contribution in [1.82, 2.24) is 10.6 Å². The van der Waals surface area contributed by atoms with E-state index in [1.165, 1.54) is 6.42 Å². The molecule has 5 nitrogen and oxygen atoms in total. The minimum atomic E-state index is -0.509. The van der Waals surface area contributed by atoms with Crippen molar-refractivity contribution < 1.29 is 14.3 Å². The molecule has 0 bridgehead atoms. The SMILES string of the molecule is COc1ccc(OC(C)C(=O)NCC2CCCN2)cc1.Cl. The number of carbonyl (C=O) groups is 1. The summed E-state index contributed by atoms with van der Waals surface area (Å²) in [6.07, 6.45) is 1.79. The number of carbonyl (C=O) groups excluding carboxylic acids is 1. The van der Waals surface area contributed by atoms with Crippen molar-refractivity contribution in [2.45, 2.75) is 31.9 Å². The lowest BCUT2D eigenvalue weighted by Crippen LogP contribution is -2.42. The highest BCUT2D eigenvalue weighted by molar-refractivity contribution is 5.85. The van der Waals surface area contributed by atoms with E-state index in [2.05, 4.69) is 10.6 Å². The van der Waals surface area contributed by atoms with Gasteiger partial charge in [-0.2, -0.15) is 0 Å². The van der Waals surface area contributed by atoms with E-state index in [-0.39, 0.29) is 18.3 Å². The van der Waals surface area contributed by atoms with Gasteiger partial charge < -0.3 is 20.1 Å². The lowest BCUT2D eigenvalue weighted by Gasteiger charge is -2.17. The van der Waals surface area contributed by atoms with Crippen LogP contribution in [0.5, 0.6) is 11.5 Å². The van der Waals surface area contributed by atoms with E-state index in [0.29, 0.717) is 18.3 Å². The molecular weight excluding hydrogens is 292 g/mol. The fourth-order valence-corrected chi connectivity index (χ4v) is 2.21. The van der Waals surface area contributed by atoms with Gasteiger partial charge in [0.25, 0.3) is 5.91 Å². The van der Waals surface area contributed by atoms with Gasteiger partial charge in [-0.1, -0.05) is 0 Å². The predicted molar refractivity (Wildman–Crippen MR) is 84.4 cm³/mol. The van der Waals surface area contributed by atoms with Crippen LogP contribution in [-0.2, 0) is 4.79 Å². The van der Waals surface area contributed by atoms with Crippen LogP contribution >= 0.6 is 12.4 Å². The lowest BCUT2D eigenvalue weighted by molar-refractivity contribution is -0.127. The Balaban J connectivity index is 0.00000220. The number of nitrogens with one attached hydrogen (secondary N) is 2. The Morgan fingerprint density at radius 2 is 2.05 bits per heavy atom. The van der Waals surface area contributed by atoms with Crippen molar-refractivity contribution in [3.63, 3.8) is 0 Å². The summed E-state index contributed by atoms with van der Waals surface area (Å²) in [6.45, 7) is 3.45. The average molecular weight is 315 g/mol. The number of methoxy groups -OCH3 is 1. The van der Waals surface area contributed by atoms with Gasteiger partial charge in [0.05, 0.1) is 7.11 Å². The normalized spacial score (nSPS) is 18.5. The van der Waals surface area contributed by atoms with E-state index < -0.39 is 6.10 Å². The van der Waals surface area contributed by atoms with E-state index in [4.69, 9.17) is 9.47 Å². The number of hydrogen-bond donors (Lipinski definition) is 2. The molecule has 0 saturated carbocycles. The van der Waals surface area contributed by atoms with Gasteiger partial charge in [0.1, 0.15) is 11.5 Å². The summed E-state index contributed by atoms with van der Waals surface area (Å²) >= 11 is 0. The van der Waals surface area contributed by atoms with Crippen LogP contribution in [0.2, 0.25) is 0 Å². The van der Waals surface area contributed by atoms with E-state index in [9.17, 15) is 4.79 Å². The molecule has 118 valence electrons. The Morgan fingerprint density at radius 1 is 1.38 bits per heavy atom. The van der Waals surface area contributed by atoms with Crippen molar-refractivity contribution in [2.75, 3.05) is 20.2 Å². The highest BCUT2D eigenvalue weighted by Crippen LogP contribution is 2.18. The molecule has 2 unspecified atom stereocenters. The van der Waals surface area contributed by atoms with Crippen molar-refractivity contribution in [3.8, 4) is 11.5 Å². The first-order chi connectivity index (χ1) is 9.69. The number of ether oxygens (including phenoxy) is 2. The van der Waals surface area contributed by atoms with Crippen LogP contribution in [0.1, 0.15) is 19.8 Å². The highest BCUT2D eigenvalue weighted by Gasteiger charge is 2.18. The van der Waals surface area contributed by atoms with Crippen molar-refractivity contribution in [3.05, 3.63) is 24.3 Å². The molecule has 0 aliphatic carbocycles. The summed E-state index contributed by atoms with van der Waals surface area (Å²) < 4.78 is 10.7. The maximum atomic E-state index is 11.9. The maximum Gasteiger partial charge on any atom is 0.260 e. The highest BCUT2D eigenvalue weighted by atomic mass is 35.5. The van der Waals surface area contributed by atoms with Crippen molar-refractivity contribution in [1.29, 1.82) is 0 Å². The first-order valence-corrected chi connectivity index (χ1v) is 7.01. The van der Waals surface area contributed by atoms with E-state index in [0.717, 1.165) is 18.7 Å². The molecule has 1 aromatic carbocycles. The van der Waals surface area contributed by atoms with Crippen LogP contribution in [0.3, 0.4) is 0 Å². The van der Waals surface area contributed by atoms with Gasteiger partial charge in [0, 0.05) is 12.6 Å². The third-order valence-corrected chi connectivity index (χ3v) is 3.43. The minimum absolute atomic E-state index is 0. The Hall–Kier alpha value is -1.46. The van der Waals surface area contributed by atoms with Crippen LogP contribution in [-0.4, -0.2) is 38.3 Å². The molecule has 0 aromatic heterocycles. The van der Waals surface area contributed by atoms with Gasteiger partial charge in [0.15, 0.2) is 6.10 Å². The summed E-state index contributed by atoms with van der Waals surface area (Å²) in [5.41, 5.74) is 0. The maximum absolute atomic E-state index is 11.9. The fourth-order valence-electron chi connectivity index (χ4n) is 2.21. The van der Waals surface area contributed by atoms with Gasteiger partial charge in [-0.15, -0.1) is 12.4 Å². The van der Waals surface area contributed by atoms with Crippen molar-refractivity contribution in [2.24, 2.45) is 0 Å². The summed E-state index contributed by atoms with van der Waals surface area (Å²) in [5, 5.41) is 6.26. The molecule has 1 aliphatic rings. The molecule has 2 N–H and O–H groups in total. The molecule has 1 aromatic rings. The minimum Gasteiger partial charge on any atom is -0.497 e. The van der Waals surface area contributed by atoms with Gasteiger partial charge in [-0.3, -0.25) is 4.79 Å². The number of amides is 1. The molecule has 1 fully saturated rings. The van der Waals surface area contributed by atoms with Gasteiger partial charge in [0.2, 0.25) is 0 Å². The van der Waals surface area contributed by atoms with Crippen LogP contribution < -0.4 is 20.1 Å². The molecule has 1 heterocycles.